The average molecular weight is 425 g/mol. The van der Waals surface area contributed by atoms with Crippen molar-refractivity contribution in [3.05, 3.63) is 62.4 Å². The van der Waals surface area contributed by atoms with Gasteiger partial charge in [-0.25, -0.2) is 4.98 Å². The summed E-state index contributed by atoms with van der Waals surface area (Å²) in [5.41, 5.74) is 3.83. The van der Waals surface area contributed by atoms with Crippen LogP contribution in [0.3, 0.4) is 0 Å². The van der Waals surface area contributed by atoms with Crippen LogP contribution in [0.1, 0.15) is 33.9 Å². The molecule has 0 saturated heterocycles. The number of aryl methyl sites for hydroxylation is 2. The number of benzene rings is 2. The first-order chi connectivity index (χ1) is 14.0. The van der Waals surface area contributed by atoms with Crippen molar-refractivity contribution in [3.63, 3.8) is 0 Å². The molecule has 0 N–H and O–H groups in total. The number of hydrogen-bond acceptors (Lipinski definition) is 5. The summed E-state index contributed by atoms with van der Waals surface area (Å²) in [6.07, 6.45) is 2.03. The van der Waals surface area contributed by atoms with Crippen molar-refractivity contribution in [2.24, 2.45) is 0 Å². The molecule has 1 fully saturated rings. The quantitative estimate of drug-likeness (QED) is 0.481. The molecular weight excluding hydrogens is 404 g/mol. The van der Waals surface area contributed by atoms with E-state index in [0.717, 1.165) is 56.6 Å². The Morgan fingerprint density at radius 3 is 2.66 bits per heavy atom. The van der Waals surface area contributed by atoms with Crippen LogP contribution in [0.15, 0.2) is 36.4 Å². The van der Waals surface area contributed by atoms with E-state index >= 15 is 0 Å². The van der Waals surface area contributed by atoms with E-state index in [1.807, 2.05) is 37.3 Å². The van der Waals surface area contributed by atoms with Crippen molar-refractivity contribution in [3.8, 4) is 28.8 Å². The van der Waals surface area contributed by atoms with Gasteiger partial charge in [-0.3, -0.25) is 0 Å². The van der Waals surface area contributed by atoms with Crippen molar-refractivity contribution in [2.75, 3.05) is 13.7 Å². The van der Waals surface area contributed by atoms with Gasteiger partial charge in [0.25, 0.3) is 0 Å². The van der Waals surface area contributed by atoms with E-state index in [1.165, 1.54) is 0 Å². The number of para-hydroxylation sites is 1. The molecule has 0 bridgehead atoms. The van der Waals surface area contributed by atoms with Crippen LogP contribution in [0.25, 0.3) is 11.3 Å². The van der Waals surface area contributed by atoms with Gasteiger partial charge in [-0.05, 0) is 50.5 Å². The molecule has 1 aromatic heterocycles. The van der Waals surface area contributed by atoms with Gasteiger partial charge in [-0.2, -0.15) is 5.26 Å². The predicted octanol–water partition coefficient (Wildman–Crippen LogP) is 6.07. The Morgan fingerprint density at radius 1 is 1.21 bits per heavy atom. The smallest absolute Gasteiger partial charge is 0.174 e. The Hall–Kier alpha value is -2.55. The third-order valence-electron chi connectivity index (χ3n) is 5.39. The molecule has 4 rings (SSSR count). The van der Waals surface area contributed by atoms with E-state index in [4.69, 9.17) is 31.3 Å². The fourth-order valence-corrected chi connectivity index (χ4v) is 5.17. The summed E-state index contributed by atoms with van der Waals surface area (Å²) < 4.78 is 11.1. The summed E-state index contributed by atoms with van der Waals surface area (Å²) in [5, 5.41) is 10.6. The summed E-state index contributed by atoms with van der Waals surface area (Å²) in [6, 6.07) is 13.9. The molecule has 6 heteroatoms. The Balaban J connectivity index is 1.77. The fourth-order valence-electron chi connectivity index (χ4n) is 3.74. The van der Waals surface area contributed by atoms with Gasteiger partial charge < -0.3 is 9.47 Å². The highest BCUT2D eigenvalue weighted by molar-refractivity contribution is 7.12. The lowest BCUT2D eigenvalue weighted by Crippen LogP contribution is -2.11. The van der Waals surface area contributed by atoms with E-state index in [1.54, 1.807) is 18.4 Å². The molecule has 4 nitrogen and oxygen atoms in total. The van der Waals surface area contributed by atoms with Crippen LogP contribution >= 0.6 is 22.9 Å². The van der Waals surface area contributed by atoms with Gasteiger partial charge in [0.05, 0.1) is 23.2 Å². The first-order valence-corrected chi connectivity index (χ1v) is 10.6. The van der Waals surface area contributed by atoms with Crippen LogP contribution in [0.4, 0.5) is 0 Å². The van der Waals surface area contributed by atoms with Crippen LogP contribution in [0.2, 0.25) is 5.02 Å². The second-order valence-corrected chi connectivity index (χ2v) is 8.86. The fraction of sp³-hybridized carbons (Fsp3) is 0.304. The maximum atomic E-state index is 8.90. The Kier molecular flexibility index (Phi) is 5.24. The van der Waals surface area contributed by atoms with E-state index in [2.05, 4.69) is 19.1 Å². The van der Waals surface area contributed by atoms with Gasteiger partial charge in [0.1, 0.15) is 22.6 Å². The number of rotatable bonds is 6. The monoisotopic (exact) mass is 424 g/mol. The van der Waals surface area contributed by atoms with Crippen LogP contribution in [0, 0.1) is 25.2 Å². The lowest BCUT2D eigenvalue weighted by molar-refractivity contribution is 0.361. The standard InChI is InChI=1S/C23H21ClN2O2S/c1-14-12-16(18(24)13-20(14)27-3)21-15(2)29-22(26-21)23(8-9-23)17-6-4-5-7-19(17)28-11-10-25/h4-7,12-13H,8-9,11H2,1-3H3. The van der Waals surface area contributed by atoms with E-state index in [0.29, 0.717) is 5.02 Å². The minimum atomic E-state index is -0.145. The highest BCUT2D eigenvalue weighted by Gasteiger charge is 2.50. The van der Waals surface area contributed by atoms with Crippen LogP contribution < -0.4 is 9.47 Å². The highest BCUT2D eigenvalue weighted by atomic mass is 35.5. The minimum absolute atomic E-state index is 0.0377. The van der Waals surface area contributed by atoms with Crippen molar-refractivity contribution < 1.29 is 9.47 Å². The molecule has 148 valence electrons. The summed E-state index contributed by atoms with van der Waals surface area (Å²) >= 11 is 8.27. The first kappa shape index (κ1) is 19.8. The molecule has 29 heavy (non-hydrogen) atoms. The van der Waals surface area contributed by atoms with Gasteiger partial charge in [0, 0.05) is 16.0 Å². The van der Waals surface area contributed by atoms with Gasteiger partial charge in [-0.1, -0.05) is 29.8 Å². The summed E-state index contributed by atoms with van der Waals surface area (Å²) in [5.74, 6) is 1.54. The second-order valence-electron chi connectivity index (χ2n) is 7.25. The van der Waals surface area contributed by atoms with Crippen LogP contribution in [-0.4, -0.2) is 18.7 Å². The molecule has 1 heterocycles. The molecule has 1 aliphatic carbocycles. The first-order valence-electron chi connectivity index (χ1n) is 9.42. The lowest BCUT2D eigenvalue weighted by atomic mass is 9.95. The molecule has 0 atom stereocenters. The number of ether oxygens (including phenoxy) is 2. The Morgan fingerprint density at radius 2 is 1.97 bits per heavy atom. The average Bonchev–Trinajstić information content (AvgIpc) is 3.44. The zero-order chi connectivity index (χ0) is 20.6. The zero-order valence-corrected chi connectivity index (χ0v) is 18.2. The molecule has 1 saturated carbocycles. The number of halogens is 1. The molecule has 2 aromatic carbocycles. The van der Waals surface area contributed by atoms with Crippen LogP contribution in [-0.2, 0) is 5.41 Å². The van der Waals surface area contributed by atoms with Crippen molar-refractivity contribution in [2.45, 2.75) is 32.1 Å². The number of methoxy groups -OCH3 is 1. The molecular formula is C23H21ClN2O2S. The van der Waals surface area contributed by atoms with Gasteiger partial charge >= 0.3 is 0 Å². The topological polar surface area (TPSA) is 55.1 Å². The SMILES string of the molecule is COc1cc(Cl)c(-c2nc(C3(c4ccccc4OCC#N)CC3)sc2C)cc1C. The van der Waals surface area contributed by atoms with E-state index < -0.39 is 0 Å². The minimum Gasteiger partial charge on any atom is -0.496 e. The summed E-state index contributed by atoms with van der Waals surface area (Å²) in [7, 11) is 1.65. The maximum absolute atomic E-state index is 8.90. The molecule has 1 aliphatic rings. The third kappa shape index (κ3) is 3.48. The third-order valence-corrected chi connectivity index (χ3v) is 6.88. The largest absolute Gasteiger partial charge is 0.496 e. The van der Waals surface area contributed by atoms with Crippen molar-refractivity contribution >= 4 is 22.9 Å². The number of aromatic nitrogens is 1. The van der Waals surface area contributed by atoms with Crippen LogP contribution in [0.5, 0.6) is 11.5 Å². The summed E-state index contributed by atoms with van der Waals surface area (Å²) in [6.45, 7) is 4.13. The number of hydrogen-bond donors (Lipinski definition) is 0. The van der Waals surface area contributed by atoms with Crippen molar-refractivity contribution in [1.29, 1.82) is 5.26 Å². The highest BCUT2D eigenvalue weighted by Crippen LogP contribution is 2.57. The molecule has 0 aliphatic heterocycles. The normalized spacial score (nSPS) is 14.3. The molecule has 0 unspecified atom stereocenters. The lowest BCUT2D eigenvalue weighted by Gasteiger charge is -2.17. The second kappa shape index (κ2) is 7.70. The zero-order valence-electron chi connectivity index (χ0n) is 16.6. The molecule has 0 spiro atoms. The van der Waals surface area contributed by atoms with E-state index in [9.17, 15) is 0 Å². The Labute approximate surface area is 179 Å². The molecule has 0 amide bonds. The maximum Gasteiger partial charge on any atom is 0.174 e. The summed E-state index contributed by atoms with van der Waals surface area (Å²) in [4.78, 5) is 6.17. The van der Waals surface area contributed by atoms with Gasteiger partial charge in [-0.15, -0.1) is 11.3 Å². The van der Waals surface area contributed by atoms with Gasteiger partial charge in [0.15, 0.2) is 6.61 Å². The number of nitriles is 1. The predicted molar refractivity (Wildman–Crippen MR) is 116 cm³/mol. The van der Waals surface area contributed by atoms with Gasteiger partial charge in [0.2, 0.25) is 0 Å². The number of nitrogens with zero attached hydrogens (tertiary/aromatic N) is 2. The van der Waals surface area contributed by atoms with E-state index in [-0.39, 0.29) is 12.0 Å². The Bertz CT molecular complexity index is 1110. The number of thiazole rings is 1. The molecule has 0 radical (unpaired) electrons. The van der Waals surface area contributed by atoms with Crippen molar-refractivity contribution in [1.82, 2.24) is 4.98 Å². The molecule has 3 aromatic rings.